The summed E-state index contributed by atoms with van der Waals surface area (Å²) < 4.78 is 0. The summed E-state index contributed by atoms with van der Waals surface area (Å²) >= 11 is 0. The predicted octanol–water partition coefficient (Wildman–Crippen LogP) is 0.424. The monoisotopic (exact) mass is 265 g/mol. The summed E-state index contributed by atoms with van der Waals surface area (Å²) in [6.07, 6.45) is 2.13. The van der Waals surface area contributed by atoms with Gasteiger partial charge in [-0.1, -0.05) is 0 Å². The van der Waals surface area contributed by atoms with Crippen molar-refractivity contribution in [3.8, 4) is 0 Å². The van der Waals surface area contributed by atoms with Crippen molar-refractivity contribution in [2.75, 3.05) is 19.6 Å². The summed E-state index contributed by atoms with van der Waals surface area (Å²) in [4.78, 5) is 41.7. The van der Waals surface area contributed by atoms with Gasteiger partial charge in [0, 0.05) is 19.6 Å². The molecule has 2 atom stereocenters. The average Bonchev–Trinajstić information content (AvgIpc) is 2.98. The molecule has 3 saturated heterocycles. The van der Waals surface area contributed by atoms with Crippen molar-refractivity contribution in [1.29, 1.82) is 0 Å². The minimum absolute atomic E-state index is 0.0889. The van der Waals surface area contributed by atoms with Crippen molar-refractivity contribution >= 4 is 17.8 Å². The van der Waals surface area contributed by atoms with Crippen LogP contribution in [0.25, 0.3) is 0 Å². The predicted molar refractivity (Wildman–Crippen MR) is 67.2 cm³/mol. The third kappa shape index (κ3) is 1.45. The fourth-order valence-corrected chi connectivity index (χ4v) is 3.52. The Morgan fingerprint density at radius 2 is 2.00 bits per heavy atom. The van der Waals surface area contributed by atoms with Gasteiger partial charge in [-0.15, -0.1) is 0 Å². The lowest BCUT2D eigenvalue weighted by Crippen LogP contribution is -2.47. The number of amides is 4. The molecule has 3 rings (SSSR count). The van der Waals surface area contributed by atoms with Crippen LogP contribution in [0.15, 0.2) is 0 Å². The minimum atomic E-state index is -0.711. The van der Waals surface area contributed by atoms with Crippen LogP contribution in [0.3, 0.4) is 0 Å². The molecular weight excluding hydrogens is 246 g/mol. The SMILES string of the molecule is CCN1CC[C@H](N2C(=O)N3CCC[C@@]3(C)C2=O)C1=O. The fraction of sp³-hybridized carbons (Fsp3) is 0.769. The van der Waals surface area contributed by atoms with E-state index in [4.69, 9.17) is 0 Å². The summed E-state index contributed by atoms with van der Waals surface area (Å²) in [6, 6.07) is -0.858. The molecule has 0 aromatic rings. The van der Waals surface area contributed by atoms with Gasteiger partial charge >= 0.3 is 6.03 Å². The first kappa shape index (κ1) is 12.4. The minimum Gasteiger partial charge on any atom is -0.341 e. The van der Waals surface area contributed by atoms with Gasteiger partial charge in [-0.3, -0.25) is 9.59 Å². The first-order chi connectivity index (χ1) is 9.00. The van der Waals surface area contributed by atoms with E-state index in [1.807, 2.05) is 13.8 Å². The first-order valence-corrected chi connectivity index (χ1v) is 6.94. The molecule has 0 aromatic heterocycles. The van der Waals surface area contributed by atoms with Crippen molar-refractivity contribution in [1.82, 2.24) is 14.7 Å². The second-order valence-corrected chi connectivity index (χ2v) is 5.71. The molecule has 3 aliphatic heterocycles. The van der Waals surface area contributed by atoms with E-state index in [0.29, 0.717) is 32.5 Å². The highest BCUT2D eigenvalue weighted by molar-refractivity contribution is 6.10. The maximum absolute atomic E-state index is 12.5. The molecule has 0 aromatic carbocycles. The molecule has 3 fully saturated rings. The Morgan fingerprint density at radius 1 is 1.26 bits per heavy atom. The molecule has 0 aliphatic carbocycles. The summed E-state index contributed by atoms with van der Waals surface area (Å²) in [5.74, 6) is -0.278. The van der Waals surface area contributed by atoms with Crippen LogP contribution in [-0.4, -0.2) is 63.8 Å². The summed E-state index contributed by atoms with van der Waals surface area (Å²) in [6.45, 7) is 5.61. The third-order valence-corrected chi connectivity index (χ3v) is 4.72. The zero-order valence-electron chi connectivity index (χ0n) is 11.4. The molecule has 0 unspecified atom stereocenters. The Morgan fingerprint density at radius 3 is 2.58 bits per heavy atom. The van der Waals surface area contributed by atoms with E-state index < -0.39 is 11.6 Å². The van der Waals surface area contributed by atoms with Crippen LogP contribution in [0.2, 0.25) is 0 Å². The molecule has 4 amide bonds. The Hall–Kier alpha value is -1.59. The van der Waals surface area contributed by atoms with Gasteiger partial charge in [-0.2, -0.15) is 0 Å². The number of rotatable bonds is 2. The van der Waals surface area contributed by atoms with Gasteiger partial charge in [0.2, 0.25) is 5.91 Å². The topological polar surface area (TPSA) is 60.9 Å². The number of carbonyl (C=O) groups is 3. The number of urea groups is 1. The van der Waals surface area contributed by atoms with Crippen LogP contribution < -0.4 is 0 Å². The lowest BCUT2D eigenvalue weighted by molar-refractivity contribution is -0.140. The molecular formula is C13H19N3O3. The van der Waals surface area contributed by atoms with Crippen LogP contribution in [0.5, 0.6) is 0 Å². The maximum atomic E-state index is 12.5. The molecule has 0 radical (unpaired) electrons. The lowest BCUT2D eigenvalue weighted by Gasteiger charge is -2.22. The van der Waals surface area contributed by atoms with Crippen molar-refractivity contribution in [3.05, 3.63) is 0 Å². The average molecular weight is 265 g/mol. The molecule has 0 bridgehead atoms. The highest BCUT2D eigenvalue weighted by Crippen LogP contribution is 2.39. The van der Waals surface area contributed by atoms with Crippen molar-refractivity contribution in [3.63, 3.8) is 0 Å². The molecule has 3 heterocycles. The Kier molecular flexibility index (Phi) is 2.59. The van der Waals surface area contributed by atoms with Gasteiger partial charge in [0.1, 0.15) is 11.6 Å². The second kappa shape index (κ2) is 3.95. The number of carbonyl (C=O) groups excluding carboxylic acids is 3. The zero-order chi connectivity index (χ0) is 13.8. The van der Waals surface area contributed by atoms with E-state index in [-0.39, 0.29) is 17.8 Å². The van der Waals surface area contributed by atoms with E-state index in [2.05, 4.69) is 0 Å². The molecule has 104 valence electrons. The lowest BCUT2D eigenvalue weighted by atomic mass is 9.99. The highest BCUT2D eigenvalue weighted by Gasteiger charge is 2.59. The molecule has 3 aliphatic rings. The van der Waals surface area contributed by atoms with Crippen LogP contribution >= 0.6 is 0 Å². The molecule has 0 N–H and O–H groups in total. The molecule has 0 spiro atoms. The molecule has 6 nitrogen and oxygen atoms in total. The van der Waals surface area contributed by atoms with Crippen LogP contribution in [0, 0.1) is 0 Å². The van der Waals surface area contributed by atoms with E-state index >= 15 is 0 Å². The highest BCUT2D eigenvalue weighted by atomic mass is 16.2. The Balaban J connectivity index is 1.89. The number of hydrogen-bond acceptors (Lipinski definition) is 3. The maximum Gasteiger partial charge on any atom is 0.328 e. The van der Waals surface area contributed by atoms with Crippen LogP contribution in [0.1, 0.15) is 33.1 Å². The number of likely N-dealkylation sites (tertiary alicyclic amines) is 1. The Labute approximate surface area is 112 Å². The second-order valence-electron chi connectivity index (χ2n) is 5.71. The Bertz CT molecular complexity index is 464. The van der Waals surface area contributed by atoms with Crippen LogP contribution in [0.4, 0.5) is 4.79 Å². The summed E-state index contributed by atoms with van der Waals surface area (Å²) in [5.41, 5.74) is -0.711. The van der Waals surface area contributed by atoms with E-state index in [1.165, 1.54) is 4.90 Å². The van der Waals surface area contributed by atoms with Crippen molar-refractivity contribution in [2.24, 2.45) is 0 Å². The molecule has 6 heteroatoms. The third-order valence-electron chi connectivity index (χ3n) is 4.72. The van der Waals surface area contributed by atoms with Gasteiger partial charge in [0.05, 0.1) is 0 Å². The number of likely N-dealkylation sites (N-methyl/N-ethyl adjacent to an activating group) is 1. The zero-order valence-corrected chi connectivity index (χ0v) is 11.4. The van der Waals surface area contributed by atoms with Crippen LogP contribution in [-0.2, 0) is 9.59 Å². The summed E-state index contributed by atoms with van der Waals surface area (Å²) in [7, 11) is 0. The van der Waals surface area contributed by atoms with Gasteiger partial charge in [0.25, 0.3) is 5.91 Å². The number of fused-ring (bicyclic) bond motifs is 1. The quantitative estimate of drug-likeness (QED) is 0.680. The number of nitrogens with zero attached hydrogens (tertiary/aromatic N) is 3. The van der Waals surface area contributed by atoms with Gasteiger partial charge in [0.15, 0.2) is 0 Å². The smallest absolute Gasteiger partial charge is 0.328 e. The normalized spacial score (nSPS) is 34.7. The first-order valence-electron chi connectivity index (χ1n) is 6.94. The van der Waals surface area contributed by atoms with Gasteiger partial charge < -0.3 is 9.80 Å². The van der Waals surface area contributed by atoms with Gasteiger partial charge in [-0.25, -0.2) is 9.69 Å². The molecule has 0 saturated carbocycles. The largest absolute Gasteiger partial charge is 0.341 e. The van der Waals surface area contributed by atoms with E-state index in [9.17, 15) is 14.4 Å². The van der Waals surface area contributed by atoms with E-state index in [1.54, 1.807) is 9.80 Å². The standard InChI is InChI=1S/C13H19N3O3/c1-3-14-8-5-9(10(14)17)16-11(18)13(2)6-4-7-15(13)12(16)19/h9H,3-8H2,1-2H3/t9-,13-/m0/s1. The molecule has 19 heavy (non-hydrogen) atoms. The number of imide groups is 1. The number of hydrogen-bond donors (Lipinski definition) is 0. The summed E-state index contributed by atoms with van der Waals surface area (Å²) in [5, 5.41) is 0. The van der Waals surface area contributed by atoms with E-state index in [0.717, 1.165) is 6.42 Å². The fourth-order valence-electron chi connectivity index (χ4n) is 3.52. The van der Waals surface area contributed by atoms with Crippen molar-refractivity contribution < 1.29 is 14.4 Å². The van der Waals surface area contributed by atoms with Crippen molar-refractivity contribution in [2.45, 2.75) is 44.7 Å². The van der Waals surface area contributed by atoms with Gasteiger partial charge in [-0.05, 0) is 33.1 Å².